The van der Waals surface area contributed by atoms with E-state index < -0.39 is 0 Å². The molecule has 1 saturated heterocycles. The number of carbonyl (C=O) groups excluding carboxylic acids is 1. The highest BCUT2D eigenvalue weighted by atomic mass is 32.2. The molecule has 1 N–H and O–H groups in total. The zero-order valence-corrected chi connectivity index (χ0v) is 9.01. The maximum absolute atomic E-state index is 11.5. The van der Waals surface area contributed by atoms with Gasteiger partial charge in [0.25, 0.3) is 0 Å². The third-order valence-corrected chi connectivity index (χ3v) is 3.78. The number of nitrogens with zero attached hydrogens (tertiary/aromatic N) is 1. The lowest BCUT2D eigenvalue weighted by Crippen LogP contribution is -2.25. The molecule has 0 aromatic rings. The highest BCUT2D eigenvalue weighted by Crippen LogP contribution is 2.27. The number of thioether (sulfide) groups is 1. The van der Waals surface area contributed by atoms with Crippen LogP contribution in [0.25, 0.3) is 0 Å². The van der Waals surface area contributed by atoms with Crippen LogP contribution >= 0.6 is 11.8 Å². The molecule has 2 unspecified atom stereocenters. The van der Waals surface area contributed by atoms with E-state index in [1.165, 1.54) is 0 Å². The van der Waals surface area contributed by atoms with Gasteiger partial charge in [0, 0.05) is 25.4 Å². The predicted octanol–water partition coefficient (Wildman–Crippen LogP) is 0.721. The maximum atomic E-state index is 11.5. The minimum atomic E-state index is 0.131. The van der Waals surface area contributed by atoms with Crippen LogP contribution in [0, 0.1) is 0 Å². The summed E-state index contributed by atoms with van der Waals surface area (Å²) in [6.07, 6.45) is 1.73. The van der Waals surface area contributed by atoms with Crippen molar-refractivity contribution in [3.63, 3.8) is 0 Å². The summed E-state index contributed by atoms with van der Waals surface area (Å²) < 4.78 is 0. The molecule has 1 heterocycles. The molecule has 1 rings (SSSR count). The van der Waals surface area contributed by atoms with E-state index in [0.717, 1.165) is 19.4 Å². The van der Waals surface area contributed by atoms with Crippen molar-refractivity contribution in [2.75, 3.05) is 20.2 Å². The lowest BCUT2D eigenvalue weighted by molar-refractivity contribution is -0.126. The van der Waals surface area contributed by atoms with Gasteiger partial charge in [-0.2, -0.15) is 0 Å². The number of hydrogen-bond donors (Lipinski definition) is 1. The number of aliphatic hydroxyl groups is 1. The van der Waals surface area contributed by atoms with Crippen molar-refractivity contribution in [2.45, 2.75) is 30.3 Å². The number of amides is 1. The van der Waals surface area contributed by atoms with E-state index in [0.29, 0.717) is 5.25 Å². The Morgan fingerprint density at radius 2 is 2.46 bits per heavy atom. The molecule has 2 atom stereocenters. The van der Waals surface area contributed by atoms with Gasteiger partial charge in [-0.3, -0.25) is 4.79 Å². The summed E-state index contributed by atoms with van der Waals surface area (Å²) in [4.78, 5) is 13.3. The van der Waals surface area contributed by atoms with E-state index in [9.17, 15) is 4.79 Å². The Morgan fingerprint density at radius 1 is 1.77 bits per heavy atom. The first-order chi connectivity index (χ1) is 6.15. The number of carbonyl (C=O) groups is 1. The molecule has 4 heteroatoms. The van der Waals surface area contributed by atoms with Crippen LogP contribution in [-0.4, -0.2) is 46.6 Å². The fourth-order valence-electron chi connectivity index (χ4n) is 1.45. The van der Waals surface area contributed by atoms with Crippen LogP contribution < -0.4 is 0 Å². The monoisotopic (exact) mass is 203 g/mol. The Hall–Kier alpha value is -0.220. The van der Waals surface area contributed by atoms with E-state index in [4.69, 9.17) is 5.11 Å². The standard InChI is InChI=1S/C9H17NO2S/c1-7(4-6-11)13-8-3-5-10(2)9(8)12/h7-8,11H,3-6H2,1-2H3. The molecule has 0 aromatic carbocycles. The minimum absolute atomic E-state index is 0.131. The first-order valence-electron chi connectivity index (χ1n) is 4.66. The molecular formula is C9H17NO2S. The second-order valence-corrected chi connectivity index (χ2v) is 5.14. The van der Waals surface area contributed by atoms with Gasteiger partial charge in [0.05, 0.1) is 5.25 Å². The zero-order valence-electron chi connectivity index (χ0n) is 8.19. The highest BCUT2D eigenvalue weighted by molar-refractivity contribution is 8.01. The van der Waals surface area contributed by atoms with Gasteiger partial charge < -0.3 is 10.0 Å². The Labute approximate surface area is 83.5 Å². The van der Waals surface area contributed by atoms with Gasteiger partial charge in [0.1, 0.15) is 0 Å². The fourth-order valence-corrected chi connectivity index (χ4v) is 2.79. The third-order valence-electron chi connectivity index (χ3n) is 2.31. The summed E-state index contributed by atoms with van der Waals surface area (Å²) in [5.74, 6) is 0.245. The second-order valence-electron chi connectivity index (χ2n) is 3.50. The van der Waals surface area contributed by atoms with Crippen LogP contribution in [0.15, 0.2) is 0 Å². The largest absolute Gasteiger partial charge is 0.396 e. The fraction of sp³-hybridized carbons (Fsp3) is 0.889. The van der Waals surface area contributed by atoms with E-state index in [2.05, 4.69) is 6.92 Å². The molecule has 13 heavy (non-hydrogen) atoms. The second kappa shape index (κ2) is 4.86. The molecule has 1 fully saturated rings. The van der Waals surface area contributed by atoms with E-state index in [-0.39, 0.29) is 17.8 Å². The lowest BCUT2D eigenvalue weighted by Gasteiger charge is -2.14. The molecule has 1 amide bonds. The smallest absolute Gasteiger partial charge is 0.235 e. The van der Waals surface area contributed by atoms with Gasteiger partial charge in [0.15, 0.2) is 0 Å². The molecule has 0 aliphatic carbocycles. The highest BCUT2D eigenvalue weighted by Gasteiger charge is 2.30. The average molecular weight is 203 g/mol. The first-order valence-corrected chi connectivity index (χ1v) is 5.60. The maximum Gasteiger partial charge on any atom is 0.235 e. The van der Waals surface area contributed by atoms with Crippen LogP contribution in [0.4, 0.5) is 0 Å². The molecule has 0 radical (unpaired) electrons. The summed E-state index contributed by atoms with van der Waals surface area (Å²) in [5.41, 5.74) is 0. The third kappa shape index (κ3) is 2.88. The van der Waals surface area contributed by atoms with Crippen molar-refractivity contribution >= 4 is 17.7 Å². The van der Waals surface area contributed by atoms with Crippen molar-refractivity contribution < 1.29 is 9.90 Å². The molecule has 76 valence electrons. The summed E-state index contributed by atoms with van der Waals surface area (Å²) in [5, 5.41) is 9.23. The van der Waals surface area contributed by atoms with Crippen molar-refractivity contribution in [1.82, 2.24) is 4.90 Å². The van der Waals surface area contributed by atoms with Crippen LogP contribution in [0.2, 0.25) is 0 Å². The van der Waals surface area contributed by atoms with Gasteiger partial charge in [-0.05, 0) is 12.8 Å². The molecule has 0 aromatic heterocycles. The van der Waals surface area contributed by atoms with Gasteiger partial charge in [-0.25, -0.2) is 0 Å². The molecule has 0 saturated carbocycles. The van der Waals surface area contributed by atoms with Crippen LogP contribution in [0.5, 0.6) is 0 Å². The molecule has 3 nitrogen and oxygen atoms in total. The number of likely N-dealkylation sites (tertiary alicyclic amines) is 1. The average Bonchev–Trinajstić information content (AvgIpc) is 2.37. The molecule has 0 bridgehead atoms. The molecule has 1 aliphatic heterocycles. The van der Waals surface area contributed by atoms with E-state index >= 15 is 0 Å². The van der Waals surface area contributed by atoms with Gasteiger partial charge in [-0.1, -0.05) is 6.92 Å². The van der Waals surface area contributed by atoms with Gasteiger partial charge in [-0.15, -0.1) is 11.8 Å². The summed E-state index contributed by atoms with van der Waals surface area (Å²) in [6.45, 7) is 3.15. The number of aliphatic hydroxyl groups excluding tert-OH is 1. The lowest BCUT2D eigenvalue weighted by atomic mass is 10.3. The zero-order chi connectivity index (χ0) is 9.84. The Morgan fingerprint density at radius 3 is 2.92 bits per heavy atom. The van der Waals surface area contributed by atoms with Crippen molar-refractivity contribution in [2.24, 2.45) is 0 Å². The van der Waals surface area contributed by atoms with Gasteiger partial charge >= 0.3 is 0 Å². The summed E-state index contributed by atoms with van der Waals surface area (Å²) >= 11 is 1.69. The van der Waals surface area contributed by atoms with Crippen LogP contribution in [0.1, 0.15) is 19.8 Å². The Balaban J connectivity index is 2.33. The van der Waals surface area contributed by atoms with E-state index in [1.807, 2.05) is 7.05 Å². The number of rotatable bonds is 4. The molecule has 1 aliphatic rings. The van der Waals surface area contributed by atoms with Crippen molar-refractivity contribution in [3.8, 4) is 0 Å². The quantitative estimate of drug-likeness (QED) is 0.732. The Kier molecular flexibility index (Phi) is 4.06. The number of hydrogen-bond acceptors (Lipinski definition) is 3. The SMILES string of the molecule is CC(CCO)SC1CCN(C)C1=O. The first kappa shape index (κ1) is 10.9. The van der Waals surface area contributed by atoms with Gasteiger partial charge in [0.2, 0.25) is 5.91 Å². The molecular weight excluding hydrogens is 186 g/mol. The van der Waals surface area contributed by atoms with Crippen molar-refractivity contribution in [3.05, 3.63) is 0 Å². The van der Waals surface area contributed by atoms with Crippen molar-refractivity contribution in [1.29, 1.82) is 0 Å². The van der Waals surface area contributed by atoms with Crippen LogP contribution in [-0.2, 0) is 4.79 Å². The summed E-state index contributed by atoms with van der Waals surface area (Å²) in [7, 11) is 1.85. The topological polar surface area (TPSA) is 40.5 Å². The normalized spacial score (nSPS) is 25.3. The summed E-state index contributed by atoms with van der Waals surface area (Å²) in [6, 6.07) is 0. The van der Waals surface area contributed by atoms with Crippen LogP contribution in [0.3, 0.4) is 0 Å². The minimum Gasteiger partial charge on any atom is -0.396 e. The molecule has 0 spiro atoms. The van der Waals surface area contributed by atoms with E-state index in [1.54, 1.807) is 16.7 Å². The Bertz CT molecular complexity index is 186. The predicted molar refractivity (Wildman–Crippen MR) is 54.8 cm³/mol.